The number of nitrogens with one attached hydrogen (secondary N) is 5. The number of ether oxygens (including phenoxy) is 9. The molecule has 5 saturated heterocycles. The molecule has 12 N–H and O–H groups in total. The average molecular weight is 884 g/mol. The summed E-state index contributed by atoms with van der Waals surface area (Å²) in [5, 5.41) is 90.8. The molecule has 0 saturated carbocycles. The van der Waals surface area contributed by atoms with Gasteiger partial charge in [-0.2, -0.15) is 0 Å². The smallest absolute Gasteiger partial charge is 0.207 e. The van der Waals surface area contributed by atoms with E-state index in [4.69, 9.17) is 42.6 Å². The second-order valence-corrected chi connectivity index (χ2v) is 15.5. The van der Waals surface area contributed by atoms with Crippen molar-refractivity contribution in [2.75, 3.05) is 0 Å². The van der Waals surface area contributed by atoms with Crippen molar-refractivity contribution in [3.05, 3.63) is 0 Å². The molecule has 0 aromatic heterocycles. The fourth-order valence-electron chi connectivity index (χ4n) is 8.33. The highest BCUT2D eigenvalue weighted by Crippen LogP contribution is 2.36. The Morgan fingerprint density at radius 2 is 0.639 bits per heavy atom. The third-order valence-electron chi connectivity index (χ3n) is 11.6. The summed E-state index contributed by atoms with van der Waals surface area (Å²) in [7, 11) is 0. The van der Waals surface area contributed by atoms with Crippen LogP contribution in [-0.4, -0.2) is 221 Å². The van der Waals surface area contributed by atoms with Gasteiger partial charge in [-0.25, -0.2) is 0 Å². The average Bonchev–Trinajstić information content (AvgIpc) is 3.21. The molecule has 26 nitrogen and oxygen atoms in total. The second kappa shape index (κ2) is 21.4. The van der Waals surface area contributed by atoms with Gasteiger partial charge in [0.25, 0.3) is 0 Å². The Morgan fingerprint density at radius 1 is 0.344 bits per heavy atom. The van der Waals surface area contributed by atoms with E-state index in [9.17, 15) is 59.7 Å². The minimum absolute atomic E-state index is 0.287. The monoisotopic (exact) mass is 883 g/mol. The van der Waals surface area contributed by atoms with Crippen molar-refractivity contribution in [3.63, 3.8) is 0 Å². The lowest BCUT2D eigenvalue weighted by Gasteiger charge is -2.51. The maximum Gasteiger partial charge on any atom is 0.207 e. The number of carbonyl (C=O) groups is 5. The quantitative estimate of drug-likeness (QED) is 0.0569. The molecule has 5 amide bonds. The van der Waals surface area contributed by atoms with Crippen LogP contribution in [-0.2, 0) is 66.6 Å². The summed E-state index contributed by atoms with van der Waals surface area (Å²) in [4.78, 5) is 57.3. The molecule has 61 heavy (non-hydrogen) atoms. The normalized spacial score (nSPS) is 49.1. The van der Waals surface area contributed by atoms with Crippen LogP contribution < -0.4 is 26.6 Å². The largest absolute Gasteiger partial charge is 0.388 e. The van der Waals surface area contributed by atoms with Gasteiger partial charge in [-0.05, 0) is 34.6 Å². The van der Waals surface area contributed by atoms with E-state index in [1.807, 2.05) is 0 Å². The molecule has 5 aliphatic rings. The van der Waals surface area contributed by atoms with Crippen molar-refractivity contribution >= 4 is 32.1 Å². The van der Waals surface area contributed by atoms with E-state index in [0.717, 1.165) is 0 Å². The Hall–Kier alpha value is -3.29. The second-order valence-electron chi connectivity index (χ2n) is 15.5. The van der Waals surface area contributed by atoms with Gasteiger partial charge in [0.2, 0.25) is 32.1 Å². The number of carbonyl (C=O) groups excluding carboxylic acids is 5. The van der Waals surface area contributed by atoms with E-state index in [-0.39, 0.29) is 6.41 Å². The molecule has 5 aliphatic heterocycles. The van der Waals surface area contributed by atoms with E-state index in [1.165, 1.54) is 34.6 Å². The lowest BCUT2D eigenvalue weighted by molar-refractivity contribution is -0.390. The standard InChI is InChI=1S/C35H57N5O21/c1-11-17(37-7-42)22(47)28(31(52)53-11)59-34-30(24(49)19(39-9-44)13(3)56-34)61-35-29(23(48)18(38-8-43)14(4)57-35)60-33-26(51)27(20(40-10-45)15(5)55-33)58-32-25(50)21(46)16(36-6-41)12(2)54-32/h6-35,46-52H,1-5H3,(H,36,41)(H,37,42)(H,38,43)(H,39,44)(H,40,45)/t11-,12-,13-,14-,15-,16-,17-,18-,19-,20-,21+,22+,23+,24+,25+,26+,27+,28+,29+,30+,31?,32-,33-,34-,35-/m1/s1. The summed E-state index contributed by atoms with van der Waals surface area (Å²) >= 11 is 0. The van der Waals surface area contributed by atoms with Gasteiger partial charge >= 0.3 is 0 Å². The zero-order valence-electron chi connectivity index (χ0n) is 33.7. The van der Waals surface area contributed by atoms with E-state index < -0.39 is 153 Å². The molecule has 0 radical (unpaired) electrons. The van der Waals surface area contributed by atoms with Crippen LogP contribution in [0.4, 0.5) is 0 Å². The van der Waals surface area contributed by atoms with Crippen molar-refractivity contribution in [3.8, 4) is 0 Å². The van der Waals surface area contributed by atoms with Crippen LogP contribution in [0.15, 0.2) is 0 Å². The van der Waals surface area contributed by atoms with Gasteiger partial charge in [-0.15, -0.1) is 0 Å². The van der Waals surface area contributed by atoms with E-state index in [0.29, 0.717) is 25.6 Å². The number of hydrogen-bond donors (Lipinski definition) is 12. The first kappa shape index (κ1) is 48.7. The molecular weight excluding hydrogens is 826 g/mol. The van der Waals surface area contributed by atoms with Gasteiger partial charge in [-0.1, -0.05) is 0 Å². The minimum Gasteiger partial charge on any atom is -0.388 e. The zero-order chi connectivity index (χ0) is 44.9. The Kier molecular flexibility index (Phi) is 17.1. The first-order chi connectivity index (χ1) is 29.0. The third kappa shape index (κ3) is 10.4. The van der Waals surface area contributed by atoms with Gasteiger partial charge in [0.1, 0.15) is 61.0 Å². The first-order valence-corrected chi connectivity index (χ1v) is 19.7. The summed E-state index contributed by atoms with van der Waals surface area (Å²) < 4.78 is 53.6. The van der Waals surface area contributed by atoms with Gasteiger partial charge in [0.05, 0.1) is 60.7 Å². The molecular formula is C35H57N5O21. The van der Waals surface area contributed by atoms with Crippen molar-refractivity contribution in [2.45, 2.75) is 188 Å². The lowest BCUT2D eigenvalue weighted by atomic mass is 9.93. The third-order valence-corrected chi connectivity index (χ3v) is 11.6. The van der Waals surface area contributed by atoms with Gasteiger partial charge in [0, 0.05) is 0 Å². The number of amides is 5. The van der Waals surface area contributed by atoms with Gasteiger partial charge in [-0.3, -0.25) is 24.0 Å². The van der Waals surface area contributed by atoms with Crippen LogP contribution >= 0.6 is 0 Å². The molecule has 26 heteroatoms. The Morgan fingerprint density at radius 3 is 1.08 bits per heavy atom. The van der Waals surface area contributed by atoms with Crippen LogP contribution in [0.5, 0.6) is 0 Å². The van der Waals surface area contributed by atoms with Crippen LogP contribution in [0.2, 0.25) is 0 Å². The molecule has 0 spiro atoms. The Bertz CT molecular complexity index is 1460. The SMILES string of the molecule is C[C@H]1O[C@H](O[C@@H]2[C@H](O)[C@@H](O[C@@H]3[C@@H](O[C@@H]4[C@@H](O[C@@H]5C(O)O[C@H](C)[C@@H](NC=O)[C@@H]5O)O[C@H](C)[C@@H](NC=O)[C@@H]4O)O[C@H](C)[C@@H](NC=O)[C@@H]3O)O[C@H](C)[C@H]2NC=O)[C@@H](O)[C@@H](O)[C@@H]1NC=O. The summed E-state index contributed by atoms with van der Waals surface area (Å²) in [6.07, 6.45) is -29.1. The first-order valence-electron chi connectivity index (χ1n) is 19.7. The highest BCUT2D eigenvalue weighted by Gasteiger charge is 2.56. The van der Waals surface area contributed by atoms with Crippen LogP contribution in [0, 0.1) is 0 Å². The molecule has 5 heterocycles. The molecule has 25 atom stereocenters. The van der Waals surface area contributed by atoms with Gasteiger partial charge < -0.3 is 105 Å². The Labute approximate surface area is 348 Å². The van der Waals surface area contributed by atoms with Crippen LogP contribution in [0.1, 0.15) is 34.6 Å². The predicted molar refractivity (Wildman–Crippen MR) is 194 cm³/mol. The predicted octanol–water partition coefficient (Wildman–Crippen LogP) is -8.02. The molecule has 0 aliphatic carbocycles. The van der Waals surface area contributed by atoms with Gasteiger partial charge in [0.15, 0.2) is 31.5 Å². The molecule has 5 rings (SSSR count). The summed E-state index contributed by atoms with van der Waals surface area (Å²) in [5.74, 6) is 0. The highest BCUT2D eigenvalue weighted by atomic mass is 16.8. The van der Waals surface area contributed by atoms with Crippen molar-refractivity contribution < 1.29 is 102 Å². The van der Waals surface area contributed by atoms with Crippen molar-refractivity contribution in [2.24, 2.45) is 0 Å². The Balaban J connectivity index is 1.45. The zero-order valence-corrected chi connectivity index (χ0v) is 33.7. The maximum atomic E-state index is 11.8. The lowest BCUT2D eigenvalue weighted by Crippen LogP contribution is -2.70. The molecule has 0 bridgehead atoms. The molecule has 348 valence electrons. The molecule has 0 aromatic rings. The number of aliphatic hydroxyl groups excluding tert-OH is 7. The number of rotatable bonds is 18. The van der Waals surface area contributed by atoms with E-state index in [1.54, 1.807) is 0 Å². The van der Waals surface area contributed by atoms with E-state index >= 15 is 0 Å². The van der Waals surface area contributed by atoms with Crippen molar-refractivity contribution in [1.29, 1.82) is 0 Å². The molecule has 1 unspecified atom stereocenters. The van der Waals surface area contributed by atoms with Crippen molar-refractivity contribution in [1.82, 2.24) is 26.6 Å². The highest BCUT2D eigenvalue weighted by molar-refractivity contribution is 5.48. The number of aliphatic hydroxyl groups is 7. The topological polar surface area (TPSA) is 370 Å². The molecule has 0 aromatic carbocycles. The minimum atomic E-state index is -1.90. The summed E-state index contributed by atoms with van der Waals surface area (Å²) in [6.45, 7) is 7.36. The van der Waals surface area contributed by atoms with Crippen LogP contribution in [0.25, 0.3) is 0 Å². The molecule has 5 fully saturated rings. The van der Waals surface area contributed by atoms with E-state index in [2.05, 4.69) is 26.6 Å². The summed E-state index contributed by atoms with van der Waals surface area (Å²) in [6, 6.07) is -5.64. The number of hydrogen-bond acceptors (Lipinski definition) is 21. The fourth-order valence-corrected chi connectivity index (χ4v) is 8.33. The summed E-state index contributed by atoms with van der Waals surface area (Å²) in [5.41, 5.74) is 0. The maximum absolute atomic E-state index is 11.8. The fraction of sp³-hybridized carbons (Fsp3) is 0.857. The van der Waals surface area contributed by atoms with Crippen LogP contribution in [0.3, 0.4) is 0 Å².